The molecular formula is C19H18N2O2S2. The van der Waals surface area contributed by atoms with Crippen molar-refractivity contribution in [3.63, 3.8) is 0 Å². The summed E-state index contributed by atoms with van der Waals surface area (Å²) in [6.07, 6.45) is 0.114. The normalized spacial score (nSPS) is 17.0. The maximum absolute atomic E-state index is 12.6. The second-order valence-corrected chi connectivity index (χ2v) is 7.69. The minimum Gasteiger partial charge on any atom is -0.326 e. The lowest BCUT2D eigenvalue weighted by atomic mass is 10.2. The summed E-state index contributed by atoms with van der Waals surface area (Å²) >= 11 is 6.62. The number of benzene rings is 2. The zero-order valence-corrected chi connectivity index (χ0v) is 15.4. The molecule has 0 aliphatic carbocycles. The van der Waals surface area contributed by atoms with Crippen LogP contribution in [0, 0.1) is 6.92 Å². The highest BCUT2D eigenvalue weighted by molar-refractivity contribution is 8.24. The fourth-order valence-corrected chi connectivity index (χ4v) is 4.11. The first-order valence-corrected chi connectivity index (χ1v) is 9.25. The van der Waals surface area contributed by atoms with Crippen molar-refractivity contribution in [1.29, 1.82) is 0 Å². The van der Waals surface area contributed by atoms with Gasteiger partial charge in [0.15, 0.2) is 0 Å². The van der Waals surface area contributed by atoms with Gasteiger partial charge in [0.1, 0.15) is 4.32 Å². The second-order valence-electron chi connectivity index (χ2n) is 5.85. The third-order valence-electron chi connectivity index (χ3n) is 3.98. The number of thiocarbonyl (C=S) groups is 1. The molecule has 2 aromatic carbocycles. The summed E-state index contributed by atoms with van der Waals surface area (Å²) in [5, 5.41) is 2.41. The van der Waals surface area contributed by atoms with Crippen LogP contribution in [0.5, 0.6) is 0 Å². The fourth-order valence-electron chi connectivity index (χ4n) is 2.62. The summed E-state index contributed by atoms with van der Waals surface area (Å²) < 4.78 is 0.530. The fraction of sp³-hybridized carbons (Fsp3) is 0.211. The summed E-state index contributed by atoms with van der Waals surface area (Å²) in [7, 11) is 0. The van der Waals surface area contributed by atoms with Crippen molar-refractivity contribution in [1.82, 2.24) is 4.90 Å². The Hall–Kier alpha value is -2.18. The maximum Gasteiger partial charge on any atom is 0.242 e. The topological polar surface area (TPSA) is 49.4 Å². The highest BCUT2D eigenvalue weighted by Gasteiger charge is 2.38. The van der Waals surface area contributed by atoms with Crippen LogP contribution in [-0.2, 0) is 16.1 Å². The van der Waals surface area contributed by atoms with E-state index >= 15 is 0 Å². The van der Waals surface area contributed by atoms with Crippen LogP contribution in [0.2, 0.25) is 0 Å². The van der Waals surface area contributed by atoms with Crippen molar-refractivity contribution in [2.24, 2.45) is 0 Å². The molecule has 4 nitrogen and oxygen atoms in total. The highest BCUT2D eigenvalue weighted by Crippen LogP contribution is 2.31. The van der Waals surface area contributed by atoms with Gasteiger partial charge in [-0.3, -0.25) is 14.5 Å². The lowest BCUT2D eigenvalue weighted by Crippen LogP contribution is -2.32. The van der Waals surface area contributed by atoms with Gasteiger partial charge in [0.2, 0.25) is 11.8 Å². The zero-order chi connectivity index (χ0) is 17.8. The molecule has 3 rings (SSSR count). The predicted octanol–water partition coefficient (Wildman–Crippen LogP) is 3.75. The van der Waals surface area contributed by atoms with E-state index in [0.717, 1.165) is 16.8 Å². The van der Waals surface area contributed by atoms with Crippen LogP contribution >= 0.6 is 24.0 Å². The van der Waals surface area contributed by atoms with Gasteiger partial charge in [-0.2, -0.15) is 0 Å². The number of nitrogens with zero attached hydrogens (tertiary/aromatic N) is 1. The quantitative estimate of drug-likeness (QED) is 0.815. The average molecular weight is 370 g/mol. The molecule has 6 heteroatoms. The van der Waals surface area contributed by atoms with Crippen molar-refractivity contribution < 1.29 is 9.59 Å². The number of hydrogen-bond donors (Lipinski definition) is 1. The monoisotopic (exact) mass is 370 g/mol. The molecule has 1 aliphatic heterocycles. The molecule has 0 aromatic heterocycles. The van der Waals surface area contributed by atoms with Crippen molar-refractivity contribution in [3.8, 4) is 0 Å². The summed E-state index contributed by atoms with van der Waals surface area (Å²) in [4.78, 5) is 26.5. The van der Waals surface area contributed by atoms with E-state index < -0.39 is 5.25 Å². The summed E-state index contributed by atoms with van der Waals surface area (Å²) in [5.74, 6) is -0.275. The largest absolute Gasteiger partial charge is 0.326 e. The van der Waals surface area contributed by atoms with Gasteiger partial charge in [0, 0.05) is 12.1 Å². The molecular weight excluding hydrogens is 352 g/mol. The van der Waals surface area contributed by atoms with Gasteiger partial charge in [0.05, 0.1) is 11.8 Å². The van der Waals surface area contributed by atoms with Crippen LogP contribution in [0.15, 0.2) is 54.6 Å². The smallest absolute Gasteiger partial charge is 0.242 e. The standard InChI is InChI=1S/C19H18N2O2S2/c1-13-7-5-6-10-15(13)20-17(22)11-16-18(23)21(19(24)25-16)12-14-8-3-2-4-9-14/h2-10,16H,11-12H2,1H3,(H,20,22)/t16-/m1/s1. The van der Waals surface area contributed by atoms with E-state index in [1.54, 1.807) is 4.90 Å². The first kappa shape index (κ1) is 17.6. The van der Waals surface area contributed by atoms with E-state index in [0.29, 0.717) is 10.9 Å². The number of carbonyl (C=O) groups is 2. The molecule has 1 atom stereocenters. The second kappa shape index (κ2) is 7.80. The van der Waals surface area contributed by atoms with E-state index in [1.165, 1.54) is 11.8 Å². The average Bonchev–Trinajstić information content (AvgIpc) is 2.85. The molecule has 0 saturated carbocycles. The van der Waals surface area contributed by atoms with Crippen LogP contribution in [0.3, 0.4) is 0 Å². The molecule has 25 heavy (non-hydrogen) atoms. The lowest BCUT2D eigenvalue weighted by Gasteiger charge is -2.15. The molecule has 1 saturated heterocycles. The van der Waals surface area contributed by atoms with Crippen molar-refractivity contribution >= 4 is 45.8 Å². The molecule has 2 aromatic rings. The molecule has 0 radical (unpaired) electrons. The van der Waals surface area contributed by atoms with Crippen LogP contribution < -0.4 is 5.32 Å². The summed E-state index contributed by atoms with van der Waals surface area (Å²) in [6.45, 7) is 2.38. The van der Waals surface area contributed by atoms with E-state index in [1.807, 2.05) is 61.5 Å². The molecule has 128 valence electrons. The Kier molecular flexibility index (Phi) is 5.50. The number of amides is 2. The molecule has 1 aliphatic rings. The van der Waals surface area contributed by atoms with Crippen molar-refractivity contribution in [2.45, 2.75) is 25.1 Å². The summed E-state index contributed by atoms with van der Waals surface area (Å²) in [5.41, 5.74) is 2.78. The van der Waals surface area contributed by atoms with E-state index in [2.05, 4.69) is 5.32 Å². The van der Waals surface area contributed by atoms with Gasteiger partial charge in [-0.1, -0.05) is 72.5 Å². The van der Waals surface area contributed by atoms with Crippen LogP contribution in [0.1, 0.15) is 17.5 Å². The summed E-state index contributed by atoms with van der Waals surface area (Å²) in [6, 6.07) is 17.3. The molecule has 0 unspecified atom stereocenters. The van der Waals surface area contributed by atoms with Gasteiger partial charge in [-0.05, 0) is 24.1 Å². The molecule has 1 N–H and O–H groups in total. The lowest BCUT2D eigenvalue weighted by molar-refractivity contribution is -0.128. The molecule has 0 spiro atoms. The zero-order valence-electron chi connectivity index (χ0n) is 13.8. The van der Waals surface area contributed by atoms with Crippen LogP contribution in [0.4, 0.5) is 5.69 Å². The Balaban J connectivity index is 1.62. The van der Waals surface area contributed by atoms with E-state index in [-0.39, 0.29) is 18.2 Å². The Labute approximate surface area is 156 Å². The number of anilines is 1. The highest BCUT2D eigenvalue weighted by atomic mass is 32.2. The first-order valence-electron chi connectivity index (χ1n) is 7.96. The van der Waals surface area contributed by atoms with Crippen molar-refractivity contribution in [3.05, 3.63) is 65.7 Å². The Morgan fingerprint density at radius 2 is 1.84 bits per heavy atom. The molecule has 2 amide bonds. The molecule has 1 fully saturated rings. The number of thioether (sulfide) groups is 1. The third-order valence-corrected chi connectivity index (χ3v) is 5.56. The SMILES string of the molecule is Cc1ccccc1NC(=O)C[C@H]1SC(=S)N(Cc2ccccc2)C1=O. The van der Waals surface area contributed by atoms with Crippen LogP contribution in [0.25, 0.3) is 0 Å². The first-order chi connectivity index (χ1) is 12.0. The number of hydrogen-bond acceptors (Lipinski definition) is 4. The van der Waals surface area contributed by atoms with E-state index in [4.69, 9.17) is 12.2 Å². The minimum atomic E-state index is -0.458. The van der Waals surface area contributed by atoms with Gasteiger partial charge in [-0.25, -0.2) is 0 Å². The molecule has 0 bridgehead atoms. The number of para-hydroxylation sites is 1. The Morgan fingerprint density at radius 1 is 1.16 bits per heavy atom. The Bertz CT molecular complexity index is 808. The minimum absolute atomic E-state index is 0.0983. The van der Waals surface area contributed by atoms with Gasteiger partial charge in [0.25, 0.3) is 0 Å². The van der Waals surface area contributed by atoms with Gasteiger partial charge in [-0.15, -0.1) is 0 Å². The number of rotatable bonds is 5. The van der Waals surface area contributed by atoms with E-state index in [9.17, 15) is 9.59 Å². The number of nitrogens with one attached hydrogen (secondary N) is 1. The molecule has 1 heterocycles. The number of carbonyl (C=O) groups excluding carboxylic acids is 2. The maximum atomic E-state index is 12.6. The van der Waals surface area contributed by atoms with Crippen molar-refractivity contribution in [2.75, 3.05) is 5.32 Å². The van der Waals surface area contributed by atoms with Gasteiger partial charge < -0.3 is 5.32 Å². The predicted molar refractivity (Wildman–Crippen MR) is 105 cm³/mol. The van der Waals surface area contributed by atoms with Crippen LogP contribution in [-0.4, -0.2) is 26.3 Å². The number of aryl methyl sites for hydroxylation is 1. The Morgan fingerprint density at radius 3 is 2.56 bits per heavy atom. The van der Waals surface area contributed by atoms with Gasteiger partial charge >= 0.3 is 0 Å². The third kappa shape index (κ3) is 4.27.